The second-order valence-corrected chi connectivity index (χ2v) is 5.18. The van der Waals surface area contributed by atoms with Crippen molar-refractivity contribution in [3.63, 3.8) is 0 Å². The second kappa shape index (κ2) is 5.57. The number of nitro benzene ring substituents is 1. The van der Waals surface area contributed by atoms with E-state index in [-0.39, 0.29) is 16.2 Å². The minimum Gasteiger partial charge on any atom is -0.380 e. The molecule has 100 valence electrons. The highest BCUT2D eigenvalue weighted by molar-refractivity contribution is 6.33. The number of hydrogen-bond donors (Lipinski definition) is 1. The Morgan fingerprint density at radius 2 is 1.94 bits per heavy atom. The molecule has 0 saturated heterocycles. The molecule has 0 radical (unpaired) electrons. The lowest BCUT2D eigenvalue weighted by molar-refractivity contribution is -0.384. The second-order valence-electron chi connectivity index (χ2n) is 4.77. The van der Waals surface area contributed by atoms with Gasteiger partial charge in [-0.1, -0.05) is 25.4 Å². The molecule has 0 unspecified atom stereocenters. The van der Waals surface area contributed by atoms with Crippen molar-refractivity contribution in [2.24, 2.45) is 0 Å². The van der Waals surface area contributed by atoms with E-state index >= 15 is 0 Å². The number of rotatable bonds is 5. The predicted octanol–water partition coefficient (Wildman–Crippen LogP) is 4.55. The number of benzene rings is 1. The van der Waals surface area contributed by atoms with Gasteiger partial charge in [-0.3, -0.25) is 10.1 Å². The zero-order chi connectivity index (χ0) is 13.9. The fraction of sp³-hybridized carbons (Fsp3) is 0.538. The summed E-state index contributed by atoms with van der Waals surface area (Å²) in [5.74, 6) is 0. The fourth-order valence-electron chi connectivity index (χ4n) is 1.69. The molecule has 0 aliphatic heterocycles. The Labute approximate surface area is 112 Å². The van der Waals surface area contributed by atoms with E-state index in [1.54, 1.807) is 6.07 Å². The summed E-state index contributed by atoms with van der Waals surface area (Å²) in [5, 5.41) is 14.4. The molecule has 0 aromatic heterocycles. The lowest BCUT2D eigenvalue weighted by Crippen LogP contribution is -2.33. The number of nitrogens with zero attached hydrogens (tertiary/aromatic N) is 1. The summed E-state index contributed by atoms with van der Waals surface area (Å²) in [6.45, 7) is 8.19. The topological polar surface area (TPSA) is 55.2 Å². The molecule has 0 atom stereocenters. The van der Waals surface area contributed by atoms with E-state index in [9.17, 15) is 10.1 Å². The molecule has 0 aliphatic rings. The Balaban J connectivity index is 3.12. The van der Waals surface area contributed by atoms with E-state index in [1.807, 2.05) is 6.92 Å². The minimum atomic E-state index is -0.460. The molecule has 0 bridgehead atoms. The summed E-state index contributed by atoms with van der Waals surface area (Å²) in [5.41, 5.74) is 1.62. The summed E-state index contributed by atoms with van der Waals surface area (Å²) < 4.78 is 0. The average molecular weight is 271 g/mol. The van der Waals surface area contributed by atoms with Gasteiger partial charge in [0.15, 0.2) is 0 Å². The van der Waals surface area contributed by atoms with E-state index in [0.29, 0.717) is 0 Å². The first-order chi connectivity index (χ1) is 8.33. The SMILES string of the molecule is CCC(C)(CC)Nc1cc(Cl)c([N+](=O)[O-])cc1C. The molecule has 1 aromatic rings. The third-order valence-corrected chi connectivity index (χ3v) is 3.79. The van der Waals surface area contributed by atoms with E-state index in [2.05, 4.69) is 26.1 Å². The first-order valence-corrected chi connectivity index (χ1v) is 6.43. The normalized spacial score (nSPS) is 11.4. The number of nitrogens with one attached hydrogen (secondary N) is 1. The molecule has 0 saturated carbocycles. The van der Waals surface area contributed by atoms with Gasteiger partial charge in [0.25, 0.3) is 5.69 Å². The van der Waals surface area contributed by atoms with Crippen molar-refractivity contribution in [2.45, 2.75) is 46.1 Å². The Morgan fingerprint density at radius 3 is 2.39 bits per heavy atom. The summed E-state index contributed by atoms with van der Waals surface area (Å²) in [4.78, 5) is 10.3. The van der Waals surface area contributed by atoms with Crippen molar-refractivity contribution in [1.82, 2.24) is 0 Å². The molecule has 0 spiro atoms. The summed E-state index contributed by atoms with van der Waals surface area (Å²) in [7, 11) is 0. The van der Waals surface area contributed by atoms with Gasteiger partial charge >= 0.3 is 0 Å². The van der Waals surface area contributed by atoms with Gasteiger partial charge in [-0.15, -0.1) is 0 Å². The Kier molecular flexibility index (Phi) is 4.57. The smallest absolute Gasteiger partial charge is 0.288 e. The molecule has 5 heteroatoms. The number of hydrogen-bond acceptors (Lipinski definition) is 3. The number of anilines is 1. The molecule has 0 fully saturated rings. The molecule has 1 N–H and O–H groups in total. The lowest BCUT2D eigenvalue weighted by Gasteiger charge is -2.30. The lowest BCUT2D eigenvalue weighted by atomic mass is 9.94. The van der Waals surface area contributed by atoms with Crippen LogP contribution < -0.4 is 5.32 Å². The maximum atomic E-state index is 10.8. The quantitative estimate of drug-likeness (QED) is 0.631. The summed E-state index contributed by atoms with van der Waals surface area (Å²) in [6, 6.07) is 3.15. The van der Waals surface area contributed by atoms with Crippen molar-refractivity contribution >= 4 is 23.0 Å². The van der Waals surface area contributed by atoms with E-state index in [1.165, 1.54) is 6.07 Å². The Hall–Kier alpha value is -1.29. The standard InChI is InChI=1S/C13H19ClN2O2/c1-5-13(4,6-2)15-11-8-10(14)12(16(17)18)7-9(11)3/h7-8,15H,5-6H2,1-4H3. The van der Waals surface area contributed by atoms with E-state index in [0.717, 1.165) is 24.1 Å². The molecular weight excluding hydrogens is 252 g/mol. The molecule has 0 heterocycles. The van der Waals surface area contributed by atoms with Crippen LogP contribution in [0.1, 0.15) is 39.2 Å². The van der Waals surface area contributed by atoms with Crippen LogP contribution in [0.5, 0.6) is 0 Å². The molecule has 0 amide bonds. The molecule has 0 aliphatic carbocycles. The van der Waals surface area contributed by atoms with Crippen LogP contribution in [-0.2, 0) is 0 Å². The molecule has 1 rings (SSSR count). The van der Waals surface area contributed by atoms with Crippen LogP contribution in [0.2, 0.25) is 5.02 Å². The fourth-order valence-corrected chi connectivity index (χ4v) is 1.93. The van der Waals surface area contributed by atoms with Gasteiger partial charge in [0.2, 0.25) is 0 Å². The summed E-state index contributed by atoms with van der Waals surface area (Å²) in [6.07, 6.45) is 1.94. The molecule has 1 aromatic carbocycles. The third kappa shape index (κ3) is 3.13. The zero-order valence-corrected chi connectivity index (χ0v) is 12.0. The van der Waals surface area contributed by atoms with Gasteiger partial charge in [0, 0.05) is 17.3 Å². The van der Waals surface area contributed by atoms with Crippen LogP contribution in [0.15, 0.2) is 12.1 Å². The zero-order valence-electron chi connectivity index (χ0n) is 11.2. The molecule has 4 nitrogen and oxygen atoms in total. The number of halogens is 1. The number of nitro groups is 1. The Morgan fingerprint density at radius 1 is 1.39 bits per heavy atom. The van der Waals surface area contributed by atoms with Crippen LogP contribution >= 0.6 is 11.6 Å². The number of aryl methyl sites for hydroxylation is 1. The van der Waals surface area contributed by atoms with Crippen molar-refractivity contribution in [3.8, 4) is 0 Å². The predicted molar refractivity (Wildman–Crippen MR) is 75.5 cm³/mol. The first kappa shape index (κ1) is 14.8. The van der Waals surface area contributed by atoms with Crippen LogP contribution in [0.4, 0.5) is 11.4 Å². The van der Waals surface area contributed by atoms with Crippen molar-refractivity contribution in [3.05, 3.63) is 32.8 Å². The highest BCUT2D eigenvalue weighted by atomic mass is 35.5. The van der Waals surface area contributed by atoms with E-state index < -0.39 is 4.92 Å². The van der Waals surface area contributed by atoms with Gasteiger partial charge in [-0.05, 0) is 38.3 Å². The largest absolute Gasteiger partial charge is 0.380 e. The van der Waals surface area contributed by atoms with Gasteiger partial charge in [0.05, 0.1) is 4.92 Å². The highest BCUT2D eigenvalue weighted by Crippen LogP contribution is 2.33. The first-order valence-electron chi connectivity index (χ1n) is 6.05. The minimum absolute atomic E-state index is 0.0236. The molecular formula is C13H19ClN2O2. The maximum absolute atomic E-state index is 10.8. The van der Waals surface area contributed by atoms with Gasteiger partial charge in [0.1, 0.15) is 5.02 Å². The maximum Gasteiger partial charge on any atom is 0.288 e. The van der Waals surface area contributed by atoms with Gasteiger partial charge in [-0.2, -0.15) is 0 Å². The van der Waals surface area contributed by atoms with Crippen LogP contribution in [-0.4, -0.2) is 10.5 Å². The third-order valence-electron chi connectivity index (χ3n) is 3.49. The van der Waals surface area contributed by atoms with Gasteiger partial charge in [-0.25, -0.2) is 0 Å². The van der Waals surface area contributed by atoms with Gasteiger partial charge < -0.3 is 5.32 Å². The molecule has 18 heavy (non-hydrogen) atoms. The van der Waals surface area contributed by atoms with Crippen molar-refractivity contribution in [2.75, 3.05) is 5.32 Å². The Bertz CT molecular complexity index is 457. The van der Waals surface area contributed by atoms with Crippen molar-refractivity contribution < 1.29 is 4.92 Å². The highest BCUT2D eigenvalue weighted by Gasteiger charge is 2.22. The summed E-state index contributed by atoms with van der Waals surface area (Å²) >= 11 is 5.93. The van der Waals surface area contributed by atoms with Crippen LogP contribution in [0, 0.1) is 17.0 Å². The monoisotopic (exact) mass is 270 g/mol. The van der Waals surface area contributed by atoms with Crippen molar-refractivity contribution in [1.29, 1.82) is 0 Å². The van der Waals surface area contributed by atoms with Crippen LogP contribution in [0.3, 0.4) is 0 Å². The van der Waals surface area contributed by atoms with E-state index in [4.69, 9.17) is 11.6 Å². The average Bonchev–Trinajstić information content (AvgIpc) is 2.32. The van der Waals surface area contributed by atoms with Crippen LogP contribution in [0.25, 0.3) is 0 Å².